The van der Waals surface area contributed by atoms with Gasteiger partial charge in [0.25, 0.3) is 5.56 Å². The van der Waals surface area contributed by atoms with Gasteiger partial charge in [0.05, 0.1) is 0 Å². The molecule has 8 heteroatoms. The van der Waals surface area contributed by atoms with Crippen molar-refractivity contribution in [1.82, 2.24) is 4.57 Å². The van der Waals surface area contributed by atoms with Gasteiger partial charge in [0.1, 0.15) is 11.3 Å². The average molecular weight is 341 g/mol. The lowest BCUT2D eigenvalue weighted by molar-refractivity contribution is -0.274. The van der Waals surface area contributed by atoms with E-state index in [9.17, 15) is 22.8 Å². The van der Waals surface area contributed by atoms with Crippen LogP contribution < -0.4 is 10.3 Å². The summed E-state index contributed by atoms with van der Waals surface area (Å²) in [4.78, 5) is 23.0. The van der Waals surface area contributed by atoms with Crippen molar-refractivity contribution in [2.45, 2.75) is 20.2 Å². The van der Waals surface area contributed by atoms with E-state index in [0.717, 1.165) is 12.1 Å². The zero-order valence-corrected chi connectivity index (χ0v) is 13.1. The van der Waals surface area contributed by atoms with E-state index < -0.39 is 23.6 Å². The number of ether oxygens (including phenoxy) is 1. The molecule has 128 valence electrons. The Labute approximate surface area is 134 Å². The lowest BCUT2D eigenvalue weighted by Crippen LogP contribution is -2.21. The van der Waals surface area contributed by atoms with Crippen LogP contribution in [0.3, 0.4) is 0 Å². The predicted octanol–water partition coefficient (Wildman–Crippen LogP) is 3.27. The highest BCUT2D eigenvalue weighted by molar-refractivity contribution is 5.92. The van der Waals surface area contributed by atoms with E-state index in [1.165, 1.54) is 23.9 Å². The van der Waals surface area contributed by atoms with Gasteiger partial charge in [0, 0.05) is 24.4 Å². The third-order valence-electron chi connectivity index (χ3n) is 3.68. The Morgan fingerprint density at radius 2 is 1.83 bits per heavy atom. The van der Waals surface area contributed by atoms with Crippen LogP contribution in [-0.4, -0.2) is 22.0 Å². The van der Waals surface area contributed by atoms with Crippen molar-refractivity contribution in [1.29, 1.82) is 0 Å². The van der Waals surface area contributed by atoms with E-state index in [1.807, 2.05) is 0 Å². The molecule has 0 aliphatic rings. The molecule has 2 aromatic rings. The molecule has 24 heavy (non-hydrogen) atoms. The van der Waals surface area contributed by atoms with Gasteiger partial charge in [-0.15, -0.1) is 13.2 Å². The van der Waals surface area contributed by atoms with Crippen LogP contribution in [0.25, 0.3) is 11.1 Å². The second-order valence-electron chi connectivity index (χ2n) is 5.27. The number of nitrogens with zero attached hydrogens (tertiary/aromatic N) is 1. The fraction of sp³-hybridized carbons (Fsp3) is 0.250. The van der Waals surface area contributed by atoms with Gasteiger partial charge < -0.3 is 14.4 Å². The maximum Gasteiger partial charge on any atom is 0.573 e. The molecular formula is C16H14F3NO4. The maximum absolute atomic E-state index is 12.5. The van der Waals surface area contributed by atoms with Crippen molar-refractivity contribution in [3.8, 4) is 16.9 Å². The van der Waals surface area contributed by atoms with E-state index in [0.29, 0.717) is 22.3 Å². The van der Waals surface area contributed by atoms with Crippen molar-refractivity contribution in [3.63, 3.8) is 0 Å². The van der Waals surface area contributed by atoms with Crippen LogP contribution in [-0.2, 0) is 7.05 Å². The number of alkyl halides is 3. The fourth-order valence-corrected chi connectivity index (χ4v) is 2.34. The summed E-state index contributed by atoms with van der Waals surface area (Å²) < 4.78 is 42.7. The van der Waals surface area contributed by atoms with E-state index in [2.05, 4.69) is 4.74 Å². The molecule has 0 saturated heterocycles. The normalized spacial score (nSPS) is 11.4. The summed E-state index contributed by atoms with van der Waals surface area (Å²) in [6.07, 6.45) is -3.53. The van der Waals surface area contributed by atoms with Crippen molar-refractivity contribution in [3.05, 3.63) is 51.4 Å². The number of carboxylic acid groups (broad SMARTS) is 1. The first kappa shape index (κ1) is 17.6. The molecule has 0 unspecified atom stereocenters. The molecule has 0 amide bonds. The number of aromatic nitrogens is 1. The van der Waals surface area contributed by atoms with Gasteiger partial charge in [0.15, 0.2) is 0 Å². The highest BCUT2D eigenvalue weighted by Gasteiger charge is 2.33. The summed E-state index contributed by atoms with van der Waals surface area (Å²) in [5.41, 5.74) is 1.06. The minimum absolute atomic E-state index is 0.217. The van der Waals surface area contributed by atoms with Crippen LogP contribution in [0, 0.1) is 13.8 Å². The van der Waals surface area contributed by atoms with Gasteiger partial charge >= 0.3 is 12.3 Å². The predicted molar refractivity (Wildman–Crippen MR) is 80.2 cm³/mol. The Kier molecular flexibility index (Phi) is 4.42. The highest BCUT2D eigenvalue weighted by Crippen LogP contribution is 2.32. The number of aromatic carboxylic acids is 1. The van der Waals surface area contributed by atoms with Crippen LogP contribution in [0.2, 0.25) is 0 Å². The highest BCUT2D eigenvalue weighted by atomic mass is 19.4. The Bertz CT molecular complexity index is 869. The number of carbonyl (C=O) groups is 1. The lowest BCUT2D eigenvalue weighted by atomic mass is 9.98. The standard InChI is InChI=1S/C16H14F3NO4/c1-8-9(2)14(21)20(3)7-12(8)10-4-5-11(15(22)23)13(6-10)24-16(17,18)19/h4-7H,1-3H3,(H,22,23). The SMILES string of the molecule is Cc1c(-c2ccc(C(=O)O)c(OC(F)(F)F)c2)cn(C)c(=O)c1C. The third kappa shape index (κ3) is 3.42. The van der Waals surface area contributed by atoms with Crippen molar-refractivity contribution >= 4 is 5.97 Å². The zero-order valence-electron chi connectivity index (χ0n) is 13.1. The summed E-state index contributed by atoms with van der Waals surface area (Å²) in [7, 11) is 1.52. The number of carboxylic acids is 1. The van der Waals surface area contributed by atoms with E-state index in [1.54, 1.807) is 13.8 Å². The molecule has 5 nitrogen and oxygen atoms in total. The largest absolute Gasteiger partial charge is 0.573 e. The minimum atomic E-state index is -5.02. The average Bonchev–Trinajstić information content (AvgIpc) is 2.46. The molecule has 0 aliphatic heterocycles. The Morgan fingerprint density at radius 3 is 2.38 bits per heavy atom. The van der Waals surface area contributed by atoms with Crippen LogP contribution in [0.5, 0.6) is 5.75 Å². The summed E-state index contributed by atoms with van der Waals surface area (Å²) in [5.74, 6) is -2.34. The molecule has 0 radical (unpaired) electrons. The lowest BCUT2D eigenvalue weighted by Gasteiger charge is -2.15. The molecule has 1 heterocycles. The molecule has 0 spiro atoms. The van der Waals surface area contributed by atoms with Crippen LogP contribution in [0.4, 0.5) is 13.2 Å². The molecular weight excluding hydrogens is 327 g/mol. The molecule has 1 aromatic heterocycles. The quantitative estimate of drug-likeness (QED) is 0.930. The van der Waals surface area contributed by atoms with Crippen LogP contribution in [0.15, 0.2) is 29.2 Å². The molecule has 1 N–H and O–H groups in total. The first-order valence-corrected chi connectivity index (χ1v) is 6.81. The van der Waals surface area contributed by atoms with Crippen molar-refractivity contribution in [2.24, 2.45) is 7.05 Å². The Morgan fingerprint density at radius 1 is 1.21 bits per heavy atom. The smallest absolute Gasteiger partial charge is 0.478 e. The summed E-state index contributed by atoms with van der Waals surface area (Å²) in [5, 5.41) is 9.01. The van der Waals surface area contributed by atoms with E-state index in [4.69, 9.17) is 5.11 Å². The molecule has 2 rings (SSSR count). The number of aryl methyl sites for hydroxylation is 1. The van der Waals surface area contributed by atoms with E-state index in [-0.39, 0.29) is 5.56 Å². The number of benzene rings is 1. The van der Waals surface area contributed by atoms with E-state index >= 15 is 0 Å². The van der Waals surface area contributed by atoms with Gasteiger partial charge in [-0.3, -0.25) is 4.79 Å². The third-order valence-corrected chi connectivity index (χ3v) is 3.68. The second kappa shape index (κ2) is 6.03. The topological polar surface area (TPSA) is 68.5 Å². The van der Waals surface area contributed by atoms with Gasteiger partial charge in [-0.2, -0.15) is 0 Å². The van der Waals surface area contributed by atoms with Crippen LogP contribution >= 0.6 is 0 Å². The number of hydrogen-bond donors (Lipinski definition) is 1. The van der Waals surface area contributed by atoms with Gasteiger partial charge in [-0.05, 0) is 37.1 Å². The van der Waals surface area contributed by atoms with Gasteiger partial charge in [0.2, 0.25) is 0 Å². The Hall–Kier alpha value is -2.77. The molecule has 0 fully saturated rings. The van der Waals surface area contributed by atoms with Gasteiger partial charge in [-0.1, -0.05) is 6.07 Å². The number of pyridine rings is 1. The monoisotopic (exact) mass is 341 g/mol. The summed E-state index contributed by atoms with van der Waals surface area (Å²) >= 11 is 0. The summed E-state index contributed by atoms with van der Waals surface area (Å²) in [6, 6.07) is 3.42. The number of rotatable bonds is 3. The fourth-order valence-electron chi connectivity index (χ4n) is 2.34. The van der Waals surface area contributed by atoms with Crippen molar-refractivity contribution < 1.29 is 27.8 Å². The molecule has 1 aromatic carbocycles. The molecule has 0 aliphatic carbocycles. The first-order valence-electron chi connectivity index (χ1n) is 6.81. The second-order valence-corrected chi connectivity index (χ2v) is 5.27. The Balaban J connectivity index is 2.67. The molecule has 0 bridgehead atoms. The summed E-state index contributed by atoms with van der Waals surface area (Å²) in [6.45, 7) is 3.28. The van der Waals surface area contributed by atoms with Gasteiger partial charge in [-0.25, -0.2) is 4.79 Å². The first-order chi connectivity index (χ1) is 11.0. The van der Waals surface area contributed by atoms with Crippen LogP contribution in [0.1, 0.15) is 21.5 Å². The maximum atomic E-state index is 12.5. The molecule has 0 atom stereocenters. The minimum Gasteiger partial charge on any atom is -0.478 e. The number of halogens is 3. The van der Waals surface area contributed by atoms with Crippen molar-refractivity contribution in [2.75, 3.05) is 0 Å². The number of hydrogen-bond acceptors (Lipinski definition) is 3. The zero-order chi connectivity index (χ0) is 18.2. The molecule has 0 saturated carbocycles.